The molecule has 0 spiro atoms. The number of rotatable bonds is 1. The fourth-order valence-corrected chi connectivity index (χ4v) is 2.84. The minimum absolute atomic E-state index is 0.00770. The largest absolute Gasteiger partial charge is 0.457 e. The zero-order valence-electron chi connectivity index (χ0n) is 9.24. The van der Waals surface area contributed by atoms with E-state index in [9.17, 15) is 13.2 Å². The summed E-state index contributed by atoms with van der Waals surface area (Å²) in [7, 11) is -2.96. The molecule has 0 unspecified atom stereocenters. The van der Waals surface area contributed by atoms with Gasteiger partial charge in [0.15, 0.2) is 9.84 Å². The third kappa shape index (κ3) is 4.46. The van der Waals surface area contributed by atoms with Crippen molar-refractivity contribution in [2.75, 3.05) is 11.5 Å². The van der Waals surface area contributed by atoms with Gasteiger partial charge in [0.2, 0.25) is 0 Å². The zero-order valence-corrected chi connectivity index (χ0v) is 10.1. The summed E-state index contributed by atoms with van der Waals surface area (Å²) in [4.78, 5) is 11.3. The molecule has 1 heterocycles. The molecular formula is C10H16O4S. The van der Waals surface area contributed by atoms with Crippen molar-refractivity contribution in [1.82, 2.24) is 0 Å². The minimum Gasteiger partial charge on any atom is -0.457 e. The number of carbonyl (C=O) groups is 1. The van der Waals surface area contributed by atoms with Crippen molar-refractivity contribution >= 4 is 15.8 Å². The smallest absolute Gasteiger partial charge is 0.331 e. The molecule has 0 bridgehead atoms. The molecule has 1 rings (SSSR count). The van der Waals surface area contributed by atoms with E-state index in [1.807, 2.05) is 0 Å². The van der Waals surface area contributed by atoms with Gasteiger partial charge < -0.3 is 4.74 Å². The van der Waals surface area contributed by atoms with Crippen LogP contribution in [0.25, 0.3) is 0 Å². The van der Waals surface area contributed by atoms with Crippen molar-refractivity contribution in [1.29, 1.82) is 0 Å². The second-order valence-electron chi connectivity index (χ2n) is 4.68. The van der Waals surface area contributed by atoms with E-state index in [2.05, 4.69) is 0 Å². The Morgan fingerprint density at radius 1 is 1.40 bits per heavy atom. The molecule has 0 aromatic rings. The van der Waals surface area contributed by atoms with Crippen molar-refractivity contribution < 1.29 is 17.9 Å². The number of ether oxygens (including phenoxy) is 1. The first-order valence-electron chi connectivity index (χ1n) is 4.81. The molecule has 0 aromatic carbocycles. The summed E-state index contributed by atoms with van der Waals surface area (Å²) in [6.07, 6.45) is 1.75. The van der Waals surface area contributed by atoms with Crippen molar-refractivity contribution in [2.45, 2.75) is 32.8 Å². The summed E-state index contributed by atoms with van der Waals surface area (Å²) in [5, 5.41) is 0. The van der Waals surface area contributed by atoms with Crippen LogP contribution in [0.4, 0.5) is 0 Å². The predicted octanol–water partition coefficient (Wildman–Crippen LogP) is 1.07. The summed E-state index contributed by atoms with van der Waals surface area (Å²) < 4.78 is 27.3. The molecule has 0 aromatic heterocycles. The maximum atomic E-state index is 11.3. The van der Waals surface area contributed by atoms with Crippen LogP contribution in [0.15, 0.2) is 11.6 Å². The quantitative estimate of drug-likeness (QED) is 0.501. The highest BCUT2D eigenvalue weighted by Gasteiger charge is 2.24. The van der Waals surface area contributed by atoms with Crippen LogP contribution in [-0.4, -0.2) is 31.5 Å². The van der Waals surface area contributed by atoms with E-state index < -0.39 is 21.4 Å². The van der Waals surface area contributed by atoms with Crippen LogP contribution in [-0.2, 0) is 19.4 Å². The maximum absolute atomic E-state index is 11.3. The summed E-state index contributed by atoms with van der Waals surface area (Å²) in [5.74, 6) is -0.331. The van der Waals surface area contributed by atoms with Gasteiger partial charge in [-0.25, -0.2) is 13.2 Å². The average molecular weight is 232 g/mol. The van der Waals surface area contributed by atoms with E-state index in [0.29, 0.717) is 12.0 Å². The molecule has 1 fully saturated rings. The molecule has 5 heteroatoms. The standard InChI is InChI=1S/C10H16O4S/c1-10(2,3)14-9(11)6-8-4-5-15(12,13)7-8/h6H,4-5,7H2,1-3H3/b8-6-. The second kappa shape index (κ2) is 3.96. The second-order valence-corrected chi connectivity index (χ2v) is 6.86. The van der Waals surface area contributed by atoms with Crippen LogP contribution in [0, 0.1) is 0 Å². The third-order valence-corrected chi connectivity index (χ3v) is 3.50. The van der Waals surface area contributed by atoms with Crippen LogP contribution in [0.1, 0.15) is 27.2 Å². The first kappa shape index (κ1) is 12.2. The first-order chi connectivity index (χ1) is 6.68. The Kier molecular flexibility index (Phi) is 3.23. The number of esters is 1. The SMILES string of the molecule is CC(C)(C)OC(=O)/C=C1/CCS(=O)(=O)C1. The zero-order chi connectivity index (χ0) is 11.7. The van der Waals surface area contributed by atoms with Gasteiger partial charge in [-0.1, -0.05) is 0 Å². The fraction of sp³-hybridized carbons (Fsp3) is 0.700. The van der Waals surface area contributed by atoms with Gasteiger partial charge in [-0.15, -0.1) is 0 Å². The summed E-state index contributed by atoms with van der Waals surface area (Å²) in [6, 6.07) is 0. The lowest BCUT2D eigenvalue weighted by Gasteiger charge is -2.18. The Balaban J connectivity index is 2.62. The van der Waals surface area contributed by atoms with Crippen molar-refractivity contribution in [2.24, 2.45) is 0 Å². The predicted molar refractivity (Wildman–Crippen MR) is 57.2 cm³/mol. The fourth-order valence-electron chi connectivity index (χ4n) is 1.33. The Bertz CT molecular complexity index is 384. The number of sulfone groups is 1. The van der Waals surface area contributed by atoms with E-state index >= 15 is 0 Å². The van der Waals surface area contributed by atoms with Crippen LogP contribution >= 0.6 is 0 Å². The Morgan fingerprint density at radius 3 is 2.40 bits per heavy atom. The maximum Gasteiger partial charge on any atom is 0.331 e. The molecule has 0 atom stereocenters. The Morgan fingerprint density at radius 2 is 2.00 bits per heavy atom. The van der Waals surface area contributed by atoms with Gasteiger partial charge in [-0.3, -0.25) is 0 Å². The molecule has 0 amide bonds. The van der Waals surface area contributed by atoms with Crippen LogP contribution in [0.2, 0.25) is 0 Å². The van der Waals surface area contributed by atoms with E-state index in [-0.39, 0.29) is 11.5 Å². The van der Waals surface area contributed by atoms with Crippen LogP contribution < -0.4 is 0 Å². The van der Waals surface area contributed by atoms with Gasteiger partial charge in [-0.2, -0.15) is 0 Å². The third-order valence-electron chi connectivity index (χ3n) is 1.87. The van der Waals surface area contributed by atoms with E-state index in [0.717, 1.165) is 0 Å². The molecule has 0 N–H and O–H groups in total. The lowest BCUT2D eigenvalue weighted by atomic mass is 10.2. The topological polar surface area (TPSA) is 60.4 Å². The Hall–Kier alpha value is -0.840. The molecule has 86 valence electrons. The van der Waals surface area contributed by atoms with Gasteiger partial charge in [-0.05, 0) is 32.8 Å². The molecule has 0 radical (unpaired) electrons. The first-order valence-corrected chi connectivity index (χ1v) is 6.63. The highest BCUT2D eigenvalue weighted by molar-refractivity contribution is 7.91. The highest BCUT2D eigenvalue weighted by Crippen LogP contribution is 2.18. The van der Waals surface area contributed by atoms with E-state index in [4.69, 9.17) is 4.74 Å². The summed E-state index contributed by atoms with van der Waals surface area (Å²) in [5.41, 5.74) is 0.107. The van der Waals surface area contributed by atoms with Gasteiger partial charge in [0.1, 0.15) is 5.60 Å². The minimum atomic E-state index is -2.96. The van der Waals surface area contributed by atoms with E-state index in [1.54, 1.807) is 20.8 Å². The Labute approximate surface area is 90.2 Å². The monoisotopic (exact) mass is 232 g/mol. The molecule has 0 saturated carbocycles. The van der Waals surface area contributed by atoms with Gasteiger partial charge in [0.05, 0.1) is 11.5 Å². The summed E-state index contributed by atoms with van der Waals surface area (Å²) >= 11 is 0. The summed E-state index contributed by atoms with van der Waals surface area (Å²) in [6.45, 7) is 5.32. The van der Waals surface area contributed by atoms with Crippen molar-refractivity contribution in [3.8, 4) is 0 Å². The lowest BCUT2D eigenvalue weighted by molar-refractivity contribution is -0.148. The molecule has 0 aliphatic carbocycles. The van der Waals surface area contributed by atoms with Crippen molar-refractivity contribution in [3.63, 3.8) is 0 Å². The lowest BCUT2D eigenvalue weighted by Crippen LogP contribution is -2.22. The number of hydrogen-bond acceptors (Lipinski definition) is 4. The van der Waals surface area contributed by atoms with Gasteiger partial charge >= 0.3 is 5.97 Å². The number of carbonyl (C=O) groups excluding carboxylic acids is 1. The molecular weight excluding hydrogens is 216 g/mol. The van der Waals surface area contributed by atoms with Crippen LogP contribution in [0.3, 0.4) is 0 Å². The van der Waals surface area contributed by atoms with Gasteiger partial charge in [0, 0.05) is 6.08 Å². The molecule has 1 aliphatic rings. The molecule has 1 aliphatic heterocycles. The van der Waals surface area contributed by atoms with Crippen molar-refractivity contribution in [3.05, 3.63) is 11.6 Å². The highest BCUT2D eigenvalue weighted by atomic mass is 32.2. The molecule has 1 saturated heterocycles. The molecule has 4 nitrogen and oxygen atoms in total. The van der Waals surface area contributed by atoms with Crippen LogP contribution in [0.5, 0.6) is 0 Å². The van der Waals surface area contributed by atoms with E-state index in [1.165, 1.54) is 6.08 Å². The van der Waals surface area contributed by atoms with Gasteiger partial charge in [0.25, 0.3) is 0 Å². The normalized spacial score (nSPS) is 23.0. The average Bonchev–Trinajstić information content (AvgIpc) is 2.25. The molecule has 15 heavy (non-hydrogen) atoms. The number of hydrogen-bond donors (Lipinski definition) is 0.